The van der Waals surface area contributed by atoms with Crippen molar-refractivity contribution in [3.05, 3.63) is 34.9 Å². The van der Waals surface area contributed by atoms with E-state index in [1.165, 1.54) is 0 Å². The molecule has 0 aliphatic rings. The van der Waals surface area contributed by atoms with Gasteiger partial charge in [-0.2, -0.15) is 0 Å². The van der Waals surface area contributed by atoms with E-state index >= 15 is 0 Å². The molecular formula is C10H11ClO3. The summed E-state index contributed by atoms with van der Waals surface area (Å²) in [5.74, 6) is -0.362. The molecule has 0 radical (unpaired) electrons. The van der Waals surface area contributed by atoms with E-state index in [1.807, 2.05) is 0 Å². The van der Waals surface area contributed by atoms with E-state index in [0.29, 0.717) is 17.2 Å². The van der Waals surface area contributed by atoms with Gasteiger partial charge in [0.1, 0.15) is 6.61 Å². The van der Waals surface area contributed by atoms with E-state index in [9.17, 15) is 4.79 Å². The van der Waals surface area contributed by atoms with Crippen molar-refractivity contribution >= 4 is 17.6 Å². The van der Waals surface area contributed by atoms with Gasteiger partial charge in [-0.15, -0.1) is 0 Å². The van der Waals surface area contributed by atoms with Gasteiger partial charge in [0.15, 0.2) is 0 Å². The maximum absolute atomic E-state index is 11.3. The Hall–Kier alpha value is -1.06. The van der Waals surface area contributed by atoms with Crippen molar-refractivity contribution < 1.29 is 14.3 Å². The third-order valence-electron chi connectivity index (χ3n) is 1.60. The molecule has 0 fully saturated rings. The quantitative estimate of drug-likeness (QED) is 0.569. The van der Waals surface area contributed by atoms with E-state index in [2.05, 4.69) is 0 Å². The van der Waals surface area contributed by atoms with E-state index in [1.54, 1.807) is 31.4 Å². The fourth-order valence-electron chi connectivity index (χ4n) is 0.887. The lowest BCUT2D eigenvalue weighted by atomic mass is 10.2. The van der Waals surface area contributed by atoms with Gasteiger partial charge in [0.25, 0.3) is 0 Å². The summed E-state index contributed by atoms with van der Waals surface area (Å²) in [6.45, 7) is 0.664. The molecule has 0 heterocycles. The second-order valence-corrected chi connectivity index (χ2v) is 3.07. The smallest absolute Gasteiger partial charge is 0.338 e. The molecule has 4 heteroatoms. The molecular weight excluding hydrogens is 204 g/mol. The number of esters is 1. The Morgan fingerprint density at radius 1 is 1.29 bits per heavy atom. The fourth-order valence-corrected chi connectivity index (χ4v) is 1.01. The minimum absolute atomic E-state index is 0.262. The standard InChI is InChI=1S/C10H11ClO3/c1-13-6-7-14-10(12)8-2-4-9(11)5-3-8/h2-5H,6-7H2,1H3. The Morgan fingerprint density at radius 3 is 2.50 bits per heavy atom. The highest BCUT2D eigenvalue weighted by molar-refractivity contribution is 6.30. The van der Waals surface area contributed by atoms with Crippen molar-refractivity contribution in [3.8, 4) is 0 Å². The number of hydrogen-bond acceptors (Lipinski definition) is 3. The molecule has 0 aromatic heterocycles. The summed E-state index contributed by atoms with van der Waals surface area (Å²) >= 11 is 5.67. The Morgan fingerprint density at radius 2 is 1.93 bits per heavy atom. The zero-order valence-electron chi connectivity index (χ0n) is 7.83. The molecule has 0 amide bonds. The van der Waals surface area contributed by atoms with Gasteiger partial charge in [0.2, 0.25) is 0 Å². The number of ether oxygens (including phenoxy) is 2. The van der Waals surface area contributed by atoms with Gasteiger partial charge in [0.05, 0.1) is 12.2 Å². The largest absolute Gasteiger partial charge is 0.460 e. The number of carbonyl (C=O) groups is 1. The van der Waals surface area contributed by atoms with Gasteiger partial charge < -0.3 is 9.47 Å². The van der Waals surface area contributed by atoms with Crippen LogP contribution in [0, 0.1) is 0 Å². The maximum atomic E-state index is 11.3. The SMILES string of the molecule is COCCOC(=O)c1ccc(Cl)cc1. The van der Waals surface area contributed by atoms with Gasteiger partial charge in [-0.25, -0.2) is 4.79 Å². The highest BCUT2D eigenvalue weighted by Crippen LogP contribution is 2.10. The molecule has 1 aromatic rings. The summed E-state index contributed by atoms with van der Waals surface area (Å²) in [5, 5.41) is 0.596. The molecule has 0 N–H and O–H groups in total. The Labute approximate surface area is 87.6 Å². The highest BCUT2D eigenvalue weighted by Gasteiger charge is 2.05. The second-order valence-electron chi connectivity index (χ2n) is 2.64. The summed E-state index contributed by atoms with van der Waals surface area (Å²) in [7, 11) is 1.55. The van der Waals surface area contributed by atoms with Crippen LogP contribution >= 0.6 is 11.6 Å². The van der Waals surface area contributed by atoms with Crippen LogP contribution in [0.2, 0.25) is 5.02 Å². The van der Waals surface area contributed by atoms with Crippen LogP contribution in [0.25, 0.3) is 0 Å². The first kappa shape index (κ1) is 11.0. The molecule has 0 saturated carbocycles. The summed E-state index contributed by atoms with van der Waals surface area (Å²) in [6.07, 6.45) is 0. The van der Waals surface area contributed by atoms with E-state index in [4.69, 9.17) is 21.1 Å². The van der Waals surface area contributed by atoms with Crippen molar-refractivity contribution in [3.63, 3.8) is 0 Å². The lowest BCUT2D eigenvalue weighted by Crippen LogP contribution is -2.09. The van der Waals surface area contributed by atoms with Crippen molar-refractivity contribution in [2.45, 2.75) is 0 Å². The molecule has 1 aromatic carbocycles. The minimum Gasteiger partial charge on any atom is -0.460 e. The van der Waals surface area contributed by atoms with Crippen LogP contribution in [0.5, 0.6) is 0 Å². The number of hydrogen-bond donors (Lipinski definition) is 0. The van der Waals surface area contributed by atoms with Crippen LogP contribution in [0.3, 0.4) is 0 Å². The van der Waals surface area contributed by atoms with Gasteiger partial charge in [-0.05, 0) is 24.3 Å². The molecule has 14 heavy (non-hydrogen) atoms. The van der Waals surface area contributed by atoms with Crippen LogP contribution in [0.1, 0.15) is 10.4 Å². The average Bonchev–Trinajstić information content (AvgIpc) is 2.19. The number of rotatable bonds is 4. The number of carbonyl (C=O) groups excluding carboxylic acids is 1. The Balaban J connectivity index is 2.48. The molecule has 0 bridgehead atoms. The molecule has 0 saturated heterocycles. The topological polar surface area (TPSA) is 35.5 Å². The van der Waals surface area contributed by atoms with Crippen LogP contribution in [0.4, 0.5) is 0 Å². The third kappa shape index (κ3) is 3.36. The van der Waals surface area contributed by atoms with E-state index in [-0.39, 0.29) is 12.6 Å². The zero-order valence-corrected chi connectivity index (χ0v) is 8.58. The normalized spacial score (nSPS) is 9.86. The lowest BCUT2D eigenvalue weighted by Gasteiger charge is -2.03. The molecule has 0 atom stereocenters. The van der Waals surface area contributed by atoms with Crippen LogP contribution in [-0.2, 0) is 9.47 Å². The van der Waals surface area contributed by atoms with Gasteiger partial charge in [-0.1, -0.05) is 11.6 Å². The predicted molar refractivity (Wildman–Crippen MR) is 53.6 cm³/mol. The predicted octanol–water partition coefficient (Wildman–Crippen LogP) is 2.14. The van der Waals surface area contributed by atoms with E-state index < -0.39 is 0 Å². The first-order valence-electron chi connectivity index (χ1n) is 4.15. The van der Waals surface area contributed by atoms with Crippen molar-refractivity contribution in [2.75, 3.05) is 20.3 Å². The van der Waals surface area contributed by atoms with Gasteiger partial charge >= 0.3 is 5.97 Å². The van der Waals surface area contributed by atoms with Crippen molar-refractivity contribution in [1.29, 1.82) is 0 Å². The molecule has 0 spiro atoms. The monoisotopic (exact) mass is 214 g/mol. The van der Waals surface area contributed by atoms with Gasteiger partial charge in [0, 0.05) is 12.1 Å². The summed E-state index contributed by atoms with van der Waals surface area (Å²) < 4.78 is 9.65. The summed E-state index contributed by atoms with van der Waals surface area (Å²) in [6, 6.07) is 6.54. The Bertz CT molecular complexity index is 295. The molecule has 0 aliphatic heterocycles. The van der Waals surface area contributed by atoms with Crippen LogP contribution in [0.15, 0.2) is 24.3 Å². The van der Waals surface area contributed by atoms with Crippen LogP contribution in [-0.4, -0.2) is 26.3 Å². The minimum atomic E-state index is -0.362. The first-order valence-corrected chi connectivity index (χ1v) is 4.53. The summed E-state index contributed by atoms with van der Waals surface area (Å²) in [5.41, 5.74) is 0.491. The lowest BCUT2D eigenvalue weighted by molar-refractivity contribution is 0.0388. The molecule has 3 nitrogen and oxygen atoms in total. The van der Waals surface area contributed by atoms with Crippen molar-refractivity contribution in [2.24, 2.45) is 0 Å². The number of benzene rings is 1. The van der Waals surface area contributed by atoms with Gasteiger partial charge in [-0.3, -0.25) is 0 Å². The molecule has 0 unspecified atom stereocenters. The molecule has 76 valence electrons. The van der Waals surface area contributed by atoms with E-state index in [0.717, 1.165) is 0 Å². The number of methoxy groups -OCH3 is 1. The highest BCUT2D eigenvalue weighted by atomic mass is 35.5. The summed E-state index contributed by atoms with van der Waals surface area (Å²) in [4.78, 5) is 11.3. The molecule has 0 aliphatic carbocycles. The Kier molecular flexibility index (Phi) is 4.43. The van der Waals surface area contributed by atoms with Crippen molar-refractivity contribution in [1.82, 2.24) is 0 Å². The fraction of sp³-hybridized carbons (Fsp3) is 0.300. The maximum Gasteiger partial charge on any atom is 0.338 e. The number of halogens is 1. The zero-order chi connectivity index (χ0) is 10.4. The third-order valence-corrected chi connectivity index (χ3v) is 1.85. The first-order chi connectivity index (χ1) is 6.74. The average molecular weight is 215 g/mol. The van der Waals surface area contributed by atoms with Crippen LogP contribution < -0.4 is 0 Å². The molecule has 1 rings (SSSR count). The second kappa shape index (κ2) is 5.62.